The maximum atomic E-state index is 13.8. The average molecular weight is 608 g/mol. The summed E-state index contributed by atoms with van der Waals surface area (Å²) in [4.78, 5) is 35.3. The number of nitrogens with zero attached hydrogens (tertiary/aromatic N) is 5. The first-order chi connectivity index (χ1) is 20.3. The molecule has 44 heavy (non-hydrogen) atoms. The first-order valence-electron chi connectivity index (χ1n) is 15.3. The zero-order chi connectivity index (χ0) is 32.6. The van der Waals surface area contributed by atoms with Crippen molar-refractivity contribution in [2.45, 2.75) is 117 Å². The minimum Gasteiger partial charge on any atom is -0.444 e. The summed E-state index contributed by atoms with van der Waals surface area (Å²) in [5, 5.41) is 8.23. The molecule has 1 aromatic carbocycles. The van der Waals surface area contributed by atoms with Crippen LogP contribution in [0, 0.1) is 0 Å². The smallest absolute Gasteiger partial charge is 0.416 e. The number of ether oxygens (including phenoxy) is 2. The van der Waals surface area contributed by atoms with E-state index in [1.165, 1.54) is 0 Å². The lowest BCUT2D eigenvalue weighted by Gasteiger charge is -2.45. The topological polar surface area (TPSA) is 127 Å². The molecule has 0 aliphatic carbocycles. The van der Waals surface area contributed by atoms with Gasteiger partial charge < -0.3 is 25.4 Å². The average Bonchev–Trinajstić information content (AvgIpc) is 3.30. The van der Waals surface area contributed by atoms with Gasteiger partial charge in [0.05, 0.1) is 12.7 Å². The molecule has 11 heteroatoms. The predicted octanol–water partition coefficient (Wildman–Crippen LogP) is 6.97. The van der Waals surface area contributed by atoms with E-state index in [2.05, 4.69) is 38.1 Å². The highest BCUT2D eigenvalue weighted by atomic mass is 16.6. The first kappa shape index (κ1) is 32.9. The Labute approximate surface area is 261 Å². The normalized spacial score (nSPS) is 17.1. The molecule has 1 atom stereocenters. The van der Waals surface area contributed by atoms with Crippen molar-refractivity contribution in [2.24, 2.45) is 0 Å². The maximum absolute atomic E-state index is 13.8. The summed E-state index contributed by atoms with van der Waals surface area (Å²) in [5.41, 5.74) is 7.44. The Morgan fingerprint density at radius 3 is 2.41 bits per heavy atom. The van der Waals surface area contributed by atoms with E-state index >= 15 is 0 Å². The molecule has 3 N–H and O–H groups in total. The molecule has 3 heterocycles. The van der Waals surface area contributed by atoms with Gasteiger partial charge in [0.2, 0.25) is 0 Å². The Balaban J connectivity index is 1.76. The molecular weight excluding hydrogens is 558 g/mol. The Morgan fingerprint density at radius 1 is 1.11 bits per heavy atom. The zero-order valence-electron chi connectivity index (χ0n) is 27.9. The van der Waals surface area contributed by atoms with E-state index in [4.69, 9.17) is 20.2 Å². The molecule has 0 bridgehead atoms. The van der Waals surface area contributed by atoms with E-state index in [1.807, 2.05) is 71.9 Å². The SMILES string of the molecule is CC(C)c1cnn2c(N(Cc3cccc(N)c3)C(=O)OC(C)(C)C)cc(N[C@H]3CCC(C)(C)N(C(=O)OC(C)(C)C)C3)nc12. The minimum atomic E-state index is -0.717. The first-order valence-corrected chi connectivity index (χ1v) is 15.3. The highest BCUT2D eigenvalue weighted by molar-refractivity contribution is 5.88. The van der Waals surface area contributed by atoms with Gasteiger partial charge in [0.25, 0.3) is 0 Å². The van der Waals surface area contributed by atoms with Crippen LogP contribution in [0.3, 0.4) is 0 Å². The molecule has 0 radical (unpaired) electrons. The van der Waals surface area contributed by atoms with Crippen molar-refractivity contribution in [1.29, 1.82) is 0 Å². The number of fused-ring (bicyclic) bond motifs is 1. The molecule has 2 amide bonds. The molecule has 1 saturated heterocycles. The number of benzene rings is 1. The second-order valence-corrected chi connectivity index (χ2v) is 14.6. The number of anilines is 3. The molecule has 1 aliphatic rings. The molecule has 1 aliphatic heterocycles. The lowest BCUT2D eigenvalue weighted by molar-refractivity contribution is -0.00828. The summed E-state index contributed by atoms with van der Waals surface area (Å²) >= 11 is 0. The van der Waals surface area contributed by atoms with E-state index in [9.17, 15) is 9.59 Å². The zero-order valence-corrected chi connectivity index (χ0v) is 27.9. The van der Waals surface area contributed by atoms with Crippen LogP contribution in [0.15, 0.2) is 36.5 Å². The van der Waals surface area contributed by atoms with Gasteiger partial charge in [-0.05, 0) is 91.8 Å². The van der Waals surface area contributed by atoms with Crippen molar-refractivity contribution in [3.05, 3.63) is 47.7 Å². The molecule has 4 rings (SSSR count). The summed E-state index contributed by atoms with van der Waals surface area (Å²) in [7, 11) is 0. The van der Waals surface area contributed by atoms with E-state index in [0.29, 0.717) is 29.5 Å². The van der Waals surface area contributed by atoms with Crippen LogP contribution in [-0.2, 0) is 16.0 Å². The van der Waals surface area contributed by atoms with Crippen LogP contribution in [0.25, 0.3) is 5.65 Å². The molecule has 240 valence electrons. The summed E-state index contributed by atoms with van der Waals surface area (Å²) < 4.78 is 13.3. The Kier molecular flexibility index (Phi) is 9.09. The largest absolute Gasteiger partial charge is 0.444 e. The van der Waals surface area contributed by atoms with Crippen LogP contribution in [0.5, 0.6) is 0 Å². The second kappa shape index (κ2) is 12.2. The van der Waals surface area contributed by atoms with Gasteiger partial charge in [0, 0.05) is 35.4 Å². The van der Waals surface area contributed by atoms with Crippen LogP contribution in [0.1, 0.15) is 99.1 Å². The Bertz CT molecular complexity index is 1500. The van der Waals surface area contributed by atoms with E-state index < -0.39 is 17.3 Å². The van der Waals surface area contributed by atoms with Gasteiger partial charge in [-0.25, -0.2) is 14.6 Å². The second-order valence-electron chi connectivity index (χ2n) is 14.6. The van der Waals surface area contributed by atoms with Gasteiger partial charge in [0.15, 0.2) is 5.65 Å². The number of nitrogen functional groups attached to an aromatic ring is 1. The molecular formula is C33H49N7O4. The van der Waals surface area contributed by atoms with Gasteiger partial charge in [-0.2, -0.15) is 9.61 Å². The molecule has 11 nitrogen and oxygen atoms in total. The van der Waals surface area contributed by atoms with Crippen molar-refractivity contribution >= 4 is 35.2 Å². The van der Waals surface area contributed by atoms with Gasteiger partial charge in [0.1, 0.15) is 22.8 Å². The molecule has 1 fully saturated rings. The highest BCUT2D eigenvalue weighted by Gasteiger charge is 2.40. The fourth-order valence-electron chi connectivity index (χ4n) is 5.25. The number of aromatic nitrogens is 3. The van der Waals surface area contributed by atoms with Gasteiger partial charge >= 0.3 is 12.2 Å². The van der Waals surface area contributed by atoms with Gasteiger partial charge in [-0.3, -0.25) is 4.90 Å². The number of likely N-dealkylation sites (tertiary alicyclic amines) is 1. The molecule has 2 aromatic heterocycles. The quantitative estimate of drug-likeness (QED) is 0.288. The third-order valence-corrected chi connectivity index (χ3v) is 7.49. The van der Waals surface area contributed by atoms with Gasteiger partial charge in [-0.1, -0.05) is 26.0 Å². The number of hydrogen-bond donors (Lipinski definition) is 2. The number of nitrogens with one attached hydrogen (secondary N) is 1. The van der Waals surface area contributed by atoms with Crippen molar-refractivity contribution in [2.75, 3.05) is 22.5 Å². The van der Waals surface area contributed by atoms with Crippen molar-refractivity contribution in [3.63, 3.8) is 0 Å². The third-order valence-electron chi connectivity index (χ3n) is 7.49. The molecule has 0 spiro atoms. The Morgan fingerprint density at radius 2 is 1.80 bits per heavy atom. The number of carbonyl (C=O) groups is 2. The van der Waals surface area contributed by atoms with Crippen LogP contribution < -0.4 is 16.0 Å². The Hall–Kier alpha value is -4.02. The van der Waals surface area contributed by atoms with Crippen molar-refractivity contribution in [3.8, 4) is 0 Å². The summed E-state index contributed by atoms with van der Waals surface area (Å²) in [6.45, 7) is 20.1. The number of carbonyl (C=O) groups excluding carboxylic acids is 2. The minimum absolute atomic E-state index is 0.0901. The number of amides is 2. The lowest BCUT2D eigenvalue weighted by Crippen LogP contribution is -2.57. The van der Waals surface area contributed by atoms with Crippen molar-refractivity contribution in [1.82, 2.24) is 19.5 Å². The van der Waals surface area contributed by atoms with Crippen molar-refractivity contribution < 1.29 is 19.1 Å². The maximum Gasteiger partial charge on any atom is 0.416 e. The van der Waals surface area contributed by atoms with Gasteiger partial charge in [-0.15, -0.1) is 0 Å². The fraction of sp³-hybridized carbons (Fsp3) is 0.576. The number of nitrogens with two attached hydrogens (primary N) is 1. The summed E-state index contributed by atoms with van der Waals surface area (Å²) in [6.07, 6.45) is 2.54. The van der Waals surface area contributed by atoms with E-state index in [-0.39, 0.29) is 30.1 Å². The van der Waals surface area contributed by atoms with Crippen LogP contribution in [0.4, 0.5) is 26.9 Å². The standard InChI is InChI=1S/C33H49N7O4/c1-21(2)25-18-35-40-27(38(29(41)43-31(3,4)5)19-22-12-11-13-23(34)16-22)17-26(37-28(25)40)36-24-14-15-33(9,10)39(20-24)30(42)44-32(6,7)8/h11-13,16-18,21,24H,14-15,19-20,34H2,1-10H3,(H,36,37)/t24-/m0/s1. The molecule has 0 unspecified atom stereocenters. The summed E-state index contributed by atoms with van der Waals surface area (Å²) in [5.74, 6) is 1.22. The fourth-order valence-corrected chi connectivity index (χ4v) is 5.25. The monoisotopic (exact) mass is 607 g/mol. The molecule has 3 aromatic rings. The number of rotatable bonds is 6. The summed E-state index contributed by atoms with van der Waals surface area (Å²) in [6, 6.07) is 9.15. The lowest BCUT2D eigenvalue weighted by atomic mass is 9.88. The highest BCUT2D eigenvalue weighted by Crippen LogP contribution is 2.33. The van der Waals surface area contributed by atoms with E-state index in [1.54, 1.807) is 20.5 Å². The van der Waals surface area contributed by atoms with Crippen LogP contribution >= 0.6 is 0 Å². The number of hydrogen-bond acceptors (Lipinski definition) is 8. The third kappa shape index (κ3) is 7.92. The van der Waals surface area contributed by atoms with Crippen LogP contribution in [-0.4, -0.2) is 61.0 Å². The number of piperidine rings is 1. The van der Waals surface area contributed by atoms with E-state index in [0.717, 1.165) is 24.0 Å². The van der Waals surface area contributed by atoms with Crippen LogP contribution in [0.2, 0.25) is 0 Å². The molecule has 0 saturated carbocycles. The predicted molar refractivity (Wildman–Crippen MR) is 174 cm³/mol.